The zero-order valence-corrected chi connectivity index (χ0v) is 21.6. The van der Waals surface area contributed by atoms with Crippen molar-refractivity contribution in [1.82, 2.24) is 9.80 Å². The molecule has 1 aromatic heterocycles. The molecule has 0 unspecified atom stereocenters. The van der Waals surface area contributed by atoms with E-state index in [1.165, 1.54) is 64.7 Å². The van der Waals surface area contributed by atoms with Crippen LogP contribution in [-0.4, -0.2) is 62.3 Å². The Morgan fingerprint density at radius 1 is 0.657 bits per heavy atom. The van der Waals surface area contributed by atoms with E-state index in [9.17, 15) is 4.79 Å². The lowest BCUT2D eigenvalue weighted by atomic mass is 10.1. The second kappa shape index (κ2) is 12.2. The molecule has 2 aromatic carbocycles. The largest absolute Gasteiger partial charge is 0.494 e. The van der Waals surface area contributed by atoms with Crippen molar-refractivity contribution in [3.63, 3.8) is 0 Å². The van der Waals surface area contributed by atoms with Crippen LogP contribution >= 0.6 is 11.3 Å². The summed E-state index contributed by atoms with van der Waals surface area (Å²) in [6, 6.07) is 11.8. The minimum absolute atomic E-state index is 0.0733. The molecule has 5 rings (SSSR count). The van der Waals surface area contributed by atoms with Crippen LogP contribution in [-0.2, 0) is 0 Å². The number of rotatable bonds is 10. The van der Waals surface area contributed by atoms with E-state index in [1.54, 1.807) is 11.3 Å². The number of nitrogens with zero attached hydrogens (tertiary/aromatic N) is 2. The van der Waals surface area contributed by atoms with Crippen LogP contribution in [0.15, 0.2) is 41.2 Å². The van der Waals surface area contributed by atoms with Gasteiger partial charge in [-0.2, -0.15) is 0 Å². The molecule has 2 saturated heterocycles. The number of hydrogen-bond donors (Lipinski definition) is 0. The lowest BCUT2D eigenvalue weighted by molar-refractivity contribution is 0.205. The fourth-order valence-electron chi connectivity index (χ4n) is 5.32. The summed E-state index contributed by atoms with van der Waals surface area (Å²) in [7, 11) is 0. The van der Waals surface area contributed by atoms with Gasteiger partial charge in [-0.05, 0) is 101 Å². The van der Waals surface area contributed by atoms with Crippen LogP contribution in [0.1, 0.15) is 51.4 Å². The van der Waals surface area contributed by atoms with Crippen molar-refractivity contribution in [2.24, 2.45) is 0 Å². The van der Waals surface area contributed by atoms with E-state index in [4.69, 9.17) is 9.47 Å². The fraction of sp³-hybridized carbons (Fsp3) is 0.552. The Morgan fingerprint density at radius 3 is 1.86 bits per heavy atom. The van der Waals surface area contributed by atoms with Crippen molar-refractivity contribution in [3.8, 4) is 11.5 Å². The van der Waals surface area contributed by atoms with E-state index in [1.807, 2.05) is 36.4 Å². The maximum atomic E-state index is 13.2. The van der Waals surface area contributed by atoms with Gasteiger partial charge in [-0.15, -0.1) is 11.3 Å². The van der Waals surface area contributed by atoms with Gasteiger partial charge in [0.1, 0.15) is 11.5 Å². The summed E-state index contributed by atoms with van der Waals surface area (Å²) in [4.78, 5) is 18.3. The molecule has 2 fully saturated rings. The third-order valence-electron chi connectivity index (χ3n) is 7.29. The first-order chi connectivity index (χ1) is 17.3. The zero-order valence-electron chi connectivity index (χ0n) is 20.8. The van der Waals surface area contributed by atoms with Gasteiger partial charge in [-0.3, -0.25) is 4.79 Å². The average molecular weight is 495 g/mol. The van der Waals surface area contributed by atoms with Crippen LogP contribution < -0.4 is 14.9 Å². The summed E-state index contributed by atoms with van der Waals surface area (Å²) in [6.45, 7) is 8.48. The predicted octanol–water partition coefficient (Wildman–Crippen LogP) is 5.92. The quantitative estimate of drug-likeness (QED) is 0.258. The number of likely N-dealkylation sites (tertiary alicyclic amines) is 2. The Labute approximate surface area is 212 Å². The van der Waals surface area contributed by atoms with Crippen molar-refractivity contribution in [1.29, 1.82) is 0 Å². The summed E-state index contributed by atoms with van der Waals surface area (Å²) in [6.07, 6.45) is 10.1. The first kappa shape index (κ1) is 24.5. The van der Waals surface area contributed by atoms with Gasteiger partial charge >= 0.3 is 0 Å². The van der Waals surface area contributed by atoms with E-state index < -0.39 is 0 Å². The Kier molecular flexibility index (Phi) is 8.55. The summed E-state index contributed by atoms with van der Waals surface area (Å²) < 4.78 is 14.0. The second-order valence-electron chi connectivity index (χ2n) is 9.96. The monoisotopic (exact) mass is 494 g/mol. The third kappa shape index (κ3) is 6.54. The molecule has 0 N–H and O–H groups in total. The summed E-state index contributed by atoms with van der Waals surface area (Å²) in [5, 5.41) is 1.50. The molecule has 0 amide bonds. The first-order valence-corrected chi connectivity index (χ1v) is 14.3. The molecule has 0 aliphatic carbocycles. The lowest BCUT2D eigenvalue weighted by Crippen LogP contribution is -2.31. The van der Waals surface area contributed by atoms with Crippen molar-refractivity contribution in [3.05, 3.63) is 46.6 Å². The van der Waals surface area contributed by atoms with Crippen LogP contribution in [0.3, 0.4) is 0 Å². The Morgan fingerprint density at radius 2 is 1.23 bits per heavy atom. The highest BCUT2D eigenvalue weighted by Crippen LogP contribution is 2.30. The molecule has 6 heteroatoms. The van der Waals surface area contributed by atoms with Crippen LogP contribution in [0.25, 0.3) is 20.2 Å². The number of fused-ring (bicyclic) bond motifs is 2. The average Bonchev–Trinajstić information content (AvgIpc) is 2.90. The molecule has 188 valence electrons. The molecular formula is C29H38N2O3S. The van der Waals surface area contributed by atoms with Gasteiger partial charge in [0.25, 0.3) is 0 Å². The molecule has 0 saturated carbocycles. The van der Waals surface area contributed by atoms with E-state index in [-0.39, 0.29) is 5.43 Å². The first-order valence-electron chi connectivity index (χ1n) is 13.5. The van der Waals surface area contributed by atoms with Crippen LogP contribution in [0, 0.1) is 0 Å². The number of piperidine rings is 2. The van der Waals surface area contributed by atoms with Gasteiger partial charge in [-0.1, -0.05) is 12.8 Å². The Balaban J connectivity index is 1.18. The number of benzene rings is 2. The Bertz CT molecular complexity index is 1170. The van der Waals surface area contributed by atoms with Gasteiger partial charge < -0.3 is 19.3 Å². The third-order valence-corrected chi connectivity index (χ3v) is 8.42. The lowest BCUT2D eigenvalue weighted by Gasteiger charge is -2.26. The molecule has 0 atom stereocenters. The van der Waals surface area contributed by atoms with E-state index in [0.29, 0.717) is 13.2 Å². The molecule has 3 aromatic rings. The van der Waals surface area contributed by atoms with Crippen molar-refractivity contribution < 1.29 is 9.47 Å². The predicted molar refractivity (Wildman–Crippen MR) is 146 cm³/mol. The molecule has 3 heterocycles. The molecule has 35 heavy (non-hydrogen) atoms. The topological polar surface area (TPSA) is 42.0 Å². The normalized spacial score (nSPS) is 17.7. The summed E-state index contributed by atoms with van der Waals surface area (Å²) in [5.74, 6) is 1.63. The molecule has 0 spiro atoms. The molecule has 0 bridgehead atoms. The molecule has 2 aliphatic heterocycles. The minimum atomic E-state index is 0.0733. The highest BCUT2D eigenvalue weighted by molar-refractivity contribution is 7.24. The van der Waals surface area contributed by atoms with Crippen molar-refractivity contribution in [2.75, 3.05) is 52.5 Å². The van der Waals surface area contributed by atoms with Gasteiger partial charge in [0.15, 0.2) is 5.43 Å². The SMILES string of the molecule is O=c1c2ccc(OCCCN3CCCCC3)cc2sc2ccc(OCCCN3CCCCC3)cc12. The molecule has 5 nitrogen and oxygen atoms in total. The van der Waals surface area contributed by atoms with E-state index >= 15 is 0 Å². The standard InChI is InChI=1S/C29H38N2O3S/c32-29-25-11-9-24(34-20-8-18-31-15-5-2-6-16-31)22-28(25)35-27-12-10-23(21-26(27)29)33-19-7-17-30-13-3-1-4-14-30/h9-12,21-22H,1-8,13-20H2. The van der Waals surface area contributed by atoms with Gasteiger partial charge in [0.05, 0.1) is 13.2 Å². The second-order valence-corrected chi connectivity index (χ2v) is 11.0. The van der Waals surface area contributed by atoms with Gasteiger partial charge in [0.2, 0.25) is 0 Å². The maximum absolute atomic E-state index is 13.2. The smallest absolute Gasteiger partial charge is 0.196 e. The molecular weight excluding hydrogens is 456 g/mol. The Hall–Kier alpha value is -2.15. The van der Waals surface area contributed by atoms with Crippen molar-refractivity contribution >= 4 is 31.5 Å². The highest BCUT2D eigenvalue weighted by Gasteiger charge is 2.12. The van der Waals surface area contributed by atoms with Crippen molar-refractivity contribution in [2.45, 2.75) is 51.4 Å². The molecule has 0 radical (unpaired) electrons. The molecule has 2 aliphatic rings. The van der Waals surface area contributed by atoms with E-state index in [2.05, 4.69) is 9.80 Å². The van der Waals surface area contributed by atoms with Crippen LogP contribution in [0.2, 0.25) is 0 Å². The summed E-state index contributed by atoms with van der Waals surface area (Å²) >= 11 is 1.65. The minimum Gasteiger partial charge on any atom is -0.494 e. The van der Waals surface area contributed by atoms with Crippen LogP contribution in [0.4, 0.5) is 0 Å². The number of ether oxygens (including phenoxy) is 2. The highest BCUT2D eigenvalue weighted by atomic mass is 32.1. The van der Waals surface area contributed by atoms with Gasteiger partial charge in [-0.25, -0.2) is 0 Å². The zero-order chi connectivity index (χ0) is 23.9. The van der Waals surface area contributed by atoms with Gasteiger partial charge in [0, 0.05) is 33.3 Å². The van der Waals surface area contributed by atoms with E-state index in [0.717, 1.165) is 57.6 Å². The number of hydrogen-bond acceptors (Lipinski definition) is 6. The summed E-state index contributed by atoms with van der Waals surface area (Å²) in [5.41, 5.74) is 0.0733. The fourth-order valence-corrected chi connectivity index (χ4v) is 6.40. The maximum Gasteiger partial charge on any atom is 0.196 e. The van der Waals surface area contributed by atoms with Crippen LogP contribution in [0.5, 0.6) is 11.5 Å².